The van der Waals surface area contributed by atoms with Gasteiger partial charge in [-0.3, -0.25) is 37.3 Å². The van der Waals surface area contributed by atoms with Crippen molar-refractivity contribution in [2.75, 3.05) is 39.6 Å². The van der Waals surface area contributed by atoms with E-state index < -0.39 is 97.5 Å². The molecule has 0 rings (SSSR count). The summed E-state index contributed by atoms with van der Waals surface area (Å²) in [6, 6.07) is 0. The number of phosphoric ester groups is 2. The fraction of sp³-hybridized carbons (Fsp3) is 0.944. The third-order valence-corrected chi connectivity index (χ3v) is 18.8. The molecule has 0 heterocycles. The van der Waals surface area contributed by atoms with Crippen molar-refractivity contribution in [1.82, 2.24) is 0 Å². The first-order chi connectivity index (χ1) is 44.2. The number of unbranched alkanes of at least 4 members (excludes halogenated alkanes) is 47. The van der Waals surface area contributed by atoms with Gasteiger partial charge >= 0.3 is 39.5 Å². The molecule has 19 heteroatoms. The zero-order chi connectivity index (χ0) is 66.8. The Kier molecular flexibility index (Phi) is 65.2. The van der Waals surface area contributed by atoms with Crippen LogP contribution in [-0.4, -0.2) is 96.7 Å². The molecule has 0 bridgehead atoms. The summed E-state index contributed by atoms with van der Waals surface area (Å²) in [5, 5.41) is 10.6. The third-order valence-electron chi connectivity index (χ3n) is 16.9. The van der Waals surface area contributed by atoms with Crippen molar-refractivity contribution in [3.63, 3.8) is 0 Å². The van der Waals surface area contributed by atoms with Crippen molar-refractivity contribution in [2.45, 2.75) is 399 Å². The molecule has 0 aromatic carbocycles. The molecule has 91 heavy (non-hydrogen) atoms. The summed E-state index contributed by atoms with van der Waals surface area (Å²) in [5.41, 5.74) is 0. The van der Waals surface area contributed by atoms with Crippen LogP contribution in [0.1, 0.15) is 381 Å². The summed E-state index contributed by atoms with van der Waals surface area (Å²) in [4.78, 5) is 72.3. The molecular formula is C72H140O17P2. The predicted molar refractivity (Wildman–Crippen MR) is 368 cm³/mol. The zero-order valence-electron chi connectivity index (χ0n) is 58.8. The molecule has 0 aliphatic rings. The number of esters is 4. The number of carbonyl (C=O) groups is 4. The Hall–Kier alpha value is -1.94. The smallest absolute Gasteiger partial charge is 0.462 e. The second-order valence-electron chi connectivity index (χ2n) is 26.0. The highest BCUT2D eigenvalue weighted by Crippen LogP contribution is 2.45. The average Bonchev–Trinajstić information content (AvgIpc) is 3.69. The summed E-state index contributed by atoms with van der Waals surface area (Å²) in [6.07, 6.45) is 56.0. The van der Waals surface area contributed by atoms with Gasteiger partial charge in [0, 0.05) is 25.7 Å². The first-order valence-corrected chi connectivity index (χ1v) is 40.8. The first kappa shape index (κ1) is 89.1. The normalized spacial score (nSPS) is 14.0. The summed E-state index contributed by atoms with van der Waals surface area (Å²) in [7, 11) is -9.89. The molecule has 0 saturated carbocycles. The molecule has 0 aliphatic carbocycles. The quantitative estimate of drug-likeness (QED) is 0.0222. The summed E-state index contributed by atoms with van der Waals surface area (Å²) < 4.78 is 68.1. The van der Waals surface area contributed by atoms with Gasteiger partial charge in [-0.15, -0.1) is 0 Å². The van der Waals surface area contributed by atoms with Gasteiger partial charge in [0.15, 0.2) is 12.2 Å². The molecule has 0 fully saturated rings. The number of ether oxygens (including phenoxy) is 4. The molecule has 5 atom stereocenters. The summed E-state index contributed by atoms with van der Waals surface area (Å²) >= 11 is 0. The molecule has 2 unspecified atom stereocenters. The van der Waals surface area contributed by atoms with E-state index in [-0.39, 0.29) is 25.7 Å². The Balaban J connectivity index is 5.09. The van der Waals surface area contributed by atoms with Gasteiger partial charge in [0.25, 0.3) is 0 Å². The minimum atomic E-state index is -4.95. The lowest BCUT2D eigenvalue weighted by Crippen LogP contribution is -2.30. The minimum Gasteiger partial charge on any atom is -0.462 e. The average molecular weight is 1340 g/mol. The van der Waals surface area contributed by atoms with Crippen molar-refractivity contribution in [2.24, 2.45) is 0 Å². The van der Waals surface area contributed by atoms with Crippen LogP contribution < -0.4 is 0 Å². The van der Waals surface area contributed by atoms with Crippen LogP contribution in [0.4, 0.5) is 0 Å². The molecule has 0 spiro atoms. The number of hydrogen-bond donors (Lipinski definition) is 3. The Bertz CT molecular complexity index is 1740. The SMILES string of the molecule is CCCCCCCCCCCCCCCCCCCCCCCCC(=O)O[C@H](COC(=O)CCCCCCCCCCCCCCCC)COP(=O)(O)OC[C@@H](O)COP(=O)(O)OC[C@@H](COC(=O)CCCCCCC)OC(=O)CCCCCCCCCCCC. The van der Waals surface area contributed by atoms with Crippen LogP contribution >= 0.6 is 15.6 Å². The Morgan fingerprint density at radius 1 is 0.264 bits per heavy atom. The second-order valence-corrected chi connectivity index (χ2v) is 28.9. The fourth-order valence-electron chi connectivity index (χ4n) is 11.0. The van der Waals surface area contributed by atoms with Gasteiger partial charge < -0.3 is 33.8 Å². The van der Waals surface area contributed by atoms with E-state index >= 15 is 0 Å². The van der Waals surface area contributed by atoms with E-state index in [9.17, 15) is 43.2 Å². The highest BCUT2D eigenvalue weighted by Gasteiger charge is 2.30. The molecular weight excluding hydrogens is 1200 g/mol. The third kappa shape index (κ3) is 66.5. The van der Waals surface area contributed by atoms with Crippen molar-refractivity contribution in [1.29, 1.82) is 0 Å². The molecule has 0 aromatic heterocycles. The summed E-state index contributed by atoms with van der Waals surface area (Å²) in [5.74, 6) is -2.13. The first-order valence-electron chi connectivity index (χ1n) is 37.8. The molecule has 0 amide bonds. The fourth-order valence-corrected chi connectivity index (χ4v) is 12.6. The highest BCUT2D eigenvalue weighted by molar-refractivity contribution is 7.47. The Morgan fingerprint density at radius 2 is 0.440 bits per heavy atom. The van der Waals surface area contributed by atoms with Gasteiger partial charge in [-0.25, -0.2) is 9.13 Å². The molecule has 17 nitrogen and oxygen atoms in total. The van der Waals surface area contributed by atoms with Gasteiger partial charge in [-0.1, -0.05) is 329 Å². The van der Waals surface area contributed by atoms with Crippen LogP contribution in [0.15, 0.2) is 0 Å². The van der Waals surface area contributed by atoms with Crippen LogP contribution in [0.3, 0.4) is 0 Å². The van der Waals surface area contributed by atoms with E-state index in [4.69, 9.17) is 37.0 Å². The van der Waals surface area contributed by atoms with Crippen LogP contribution in [0.2, 0.25) is 0 Å². The molecule has 0 aromatic rings. The lowest BCUT2D eigenvalue weighted by Gasteiger charge is -2.21. The minimum absolute atomic E-state index is 0.106. The van der Waals surface area contributed by atoms with Crippen molar-refractivity contribution in [3.8, 4) is 0 Å². The molecule has 0 aliphatic heterocycles. The summed E-state index contributed by atoms with van der Waals surface area (Å²) in [6.45, 7) is 4.86. The zero-order valence-corrected chi connectivity index (χ0v) is 60.6. The standard InChI is InChI=1S/C72H140O17P2/c1-5-9-13-17-20-23-26-28-30-31-32-33-34-35-36-37-39-41-44-47-51-55-59-72(77)89-68(63-83-70(75)57-53-49-45-43-40-38-29-27-24-21-18-14-10-6-2)65-87-91(80,81)85-61-66(73)60-84-90(78,79)86-64-67(62-82-69(74)56-52-48-16-12-8-4)88-71(76)58-54-50-46-42-25-22-19-15-11-7-3/h66-68,73H,5-65H2,1-4H3,(H,78,79)(H,80,81)/t66-,67+,68+/m0/s1. The molecule has 3 N–H and O–H groups in total. The Morgan fingerprint density at radius 3 is 0.648 bits per heavy atom. The molecule has 540 valence electrons. The van der Waals surface area contributed by atoms with Gasteiger partial charge in [0.05, 0.1) is 26.4 Å². The van der Waals surface area contributed by atoms with E-state index in [1.54, 1.807) is 0 Å². The van der Waals surface area contributed by atoms with Crippen molar-refractivity contribution < 1.29 is 80.2 Å². The Labute approximate surface area is 556 Å². The second kappa shape index (κ2) is 66.7. The lowest BCUT2D eigenvalue weighted by atomic mass is 10.0. The van der Waals surface area contributed by atoms with E-state index in [2.05, 4.69) is 27.7 Å². The van der Waals surface area contributed by atoms with Gasteiger partial charge in [0.1, 0.15) is 19.3 Å². The van der Waals surface area contributed by atoms with Gasteiger partial charge in [-0.2, -0.15) is 0 Å². The van der Waals surface area contributed by atoms with Crippen LogP contribution in [0.5, 0.6) is 0 Å². The molecule has 0 radical (unpaired) electrons. The number of aliphatic hydroxyl groups is 1. The van der Waals surface area contributed by atoms with E-state index in [0.29, 0.717) is 25.7 Å². The van der Waals surface area contributed by atoms with E-state index in [1.807, 2.05) is 0 Å². The number of rotatable bonds is 73. The number of aliphatic hydroxyl groups excluding tert-OH is 1. The maximum absolute atomic E-state index is 13.0. The predicted octanol–water partition coefficient (Wildman–Crippen LogP) is 21.1. The van der Waals surface area contributed by atoms with Crippen LogP contribution in [0, 0.1) is 0 Å². The van der Waals surface area contributed by atoms with E-state index in [1.165, 1.54) is 205 Å². The topological polar surface area (TPSA) is 237 Å². The monoisotopic (exact) mass is 1340 g/mol. The number of hydrogen-bond acceptors (Lipinski definition) is 15. The largest absolute Gasteiger partial charge is 0.472 e. The van der Waals surface area contributed by atoms with Gasteiger partial charge in [0.2, 0.25) is 0 Å². The number of carbonyl (C=O) groups excluding carboxylic acids is 4. The van der Waals surface area contributed by atoms with Crippen LogP contribution in [-0.2, 0) is 65.4 Å². The van der Waals surface area contributed by atoms with E-state index in [0.717, 1.165) is 96.3 Å². The van der Waals surface area contributed by atoms with Gasteiger partial charge in [-0.05, 0) is 25.7 Å². The maximum Gasteiger partial charge on any atom is 0.472 e. The van der Waals surface area contributed by atoms with Crippen molar-refractivity contribution >= 4 is 39.5 Å². The van der Waals surface area contributed by atoms with Crippen molar-refractivity contribution in [3.05, 3.63) is 0 Å². The maximum atomic E-state index is 13.0. The highest BCUT2D eigenvalue weighted by atomic mass is 31.2. The molecule has 0 saturated heterocycles. The van der Waals surface area contributed by atoms with Crippen LogP contribution in [0.25, 0.3) is 0 Å². The number of phosphoric acid groups is 2. The lowest BCUT2D eigenvalue weighted by molar-refractivity contribution is -0.161.